The molecule has 0 unspecified atom stereocenters. The first-order chi connectivity index (χ1) is 12.7. The molecule has 1 amide bonds. The average Bonchev–Trinajstić information content (AvgIpc) is 3.33. The highest BCUT2D eigenvalue weighted by Gasteiger charge is 2.13. The second-order valence-electron chi connectivity index (χ2n) is 5.56. The van der Waals surface area contributed by atoms with Crippen molar-refractivity contribution >= 4 is 29.0 Å². The average molecular weight is 390 g/mol. The first-order valence-corrected chi connectivity index (χ1v) is 9.87. The summed E-state index contributed by atoms with van der Waals surface area (Å²) in [5, 5.41) is 17.3. The summed E-state index contributed by atoms with van der Waals surface area (Å²) >= 11 is 2.95. The number of nitrogens with one attached hydrogen (secondary N) is 1. The maximum absolute atomic E-state index is 12.2. The van der Waals surface area contributed by atoms with Crippen LogP contribution in [0.1, 0.15) is 23.4 Å². The predicted octanol–water partition coefficient (Wildman–Crippen LogP) is 2.76. The van der Waals surface area contributed by atoms with Gasteiger partial charge in [0, 0.05) is 4.88 Å². The van der Waals surface area contributed by atoms with Crippen LogP contribution in [0.5, 0.6) is 5.75 Å². The summed E-state index contributed by atoms with van der Waals surface area (Å²) in [6, 6.07) is 11.7. The summed E-state index contributed by atoms with van der Waals surface area (Å²) in [6.07, 6.45) is 0. The number of hydrogen-bond acceptors (Lipinski definition) is 7. The number of tetrazole rings is 1. The molecule has 1 aromatic carbocycles. The third kappa shape index (κ3) is 4.83. The van der Waals surface area contributed by atoms with Crippen LogP contribution in [0.25, 0.3) is 0 Å². The molecular weight excluding hydrogens is 370 g/mol. The molecular formula is C17H19N5O2S2. The van der Waals surface area contributed by atoms with Gasteiger partial charge in [-0.1, -0.05) is 30.0 Å². The van der Waals surface area contributed by atoms with E-state index in [0.29, 0.717) is 11.7 Å². The van der Waals surface area contributed by atoms with Crippen molar-refractivity contribution in [2.75, 3.05) is 12.9 Å². The third-order valence-corrected chi connectivity index (χ3v) is 5.68. The monoisotopic (exact) mass is 389 g/mol. The molecule has 0 aliphatic rings. The summed E-state index contributed by atoms with van der Waals surface area (Å²) in [6.45, 7) is 2.51. The molecule has 2 heterocycles. The second kappa shape index (κ2) is 8.81. The van der Waals surface area contributed by atoms with E-state index in [9.17, 15) is 4.79 Å². The molecule has 0 spiro atoms. The molecule has 0 bridgehead atoms. The van der Waals surface area contributed by atoms with Gasteiger partial charge >= 0.3 is 0 Å². The first-order valence-electron chi connectivity index (χ1n) is 8.00. The Morgan fingerprint density at radius 3 is 2.85 bits per heavy atom. The lowest BCUT2D eigenvalue weighted by atomic mass is 10.2. The molecule has 0 radical (unpaired) electrons. The van der Waals surface area contributed by atoms with Crippen LogP contribution in [0.2, 0.25) is 0 Å². The minimum atomic E-state index is -0.0464. The number of carbonyl (C=O) groups is 1. The molecule has 2 aromatic heterocycles. The van der Waals surface area contributed by atoms with Crippen LogP contribution in [0.4, 0.5) is 0 Å². The van der Waals surface area contributed by atoms with Gasteiger partial charge in [0.05, 0.1) is 25.4 Å². The Morgan fingerprint density at radius 2 is 2.15 bits per heavy atom. The highest BCUT2D eigenvalue weighted by atomic mass is 32.2. The number of hydrogen-bond donors (Lipinski definition) is 1. The van der Waals surface area contributed by atoms with E-state index >= 15 is 0 Å². The summed E-state index contributed by atoms with van der Waals surface area (Å²) in [5.74, 6) is 1.02. The third-order valence-electron chi connectivity index (χ3n) is 3.67. The van der Waals surface area contributed by atoms with E-state index in [1.807, 2.05) is 48.7 Å². The van der Waals surface area contributed by atoms with Crippen LogP contribution in [0.15, 0.2) is 46.9 Å². The van der Waals surface area contributed by atoms with Crippen molar-refractivity contribution in [3.8, 4) is 5.75 Å². The van der Waals surface area contributed by atoms with Crippen molar-refractivity contribution in [1.29, 1.82) is 0 Å². The Labute approximate surface area is 159 Å². The van der Waals surface area contributed by atoms with Gasteiger partial charge < -0.3 is 10.1 Å². The molecule has 1 N–H and O–H groups in total. The number of ether oxygens (including phenoxy) is 1. The molecule has 9 heteroatoms. The minimum absolute atomic E-state index is 0.00149. The lowest BCUT2D eigenvalue weighted by Gasteiger charge is -2.11. The van der Waals surface area contributed by atoms with Crippen molar-refractivity contribution in [3.05, 3.63) is 52.2 Å². The molecule has 0 aliphatic carbocycles. The van der Waals surface area contributed by atoms with Gasteiger partial charge in [0.15, 0.2) is 0 Å². The zero-order valence-electron chi connectivity index (χ0n) is 14.5. The lowest BCUT2D eigenvalue weighted by molar-refractivity contribution is -0.119. The fourth-order valence-corrected chi connectivity index (χ4v) is 3.75. The number of amides is 1. The second-order valence-corrected chi connectivity index (χ2v) is 7.48. The van der Waals surface area contributed by atoms with Crippen LogP contribution in [-0.2, 0) is 11.3 Å². The summed E-state index contributed by atoms with van der Waals surface area (Å²) in [5.41, 5.74) is 1.05. The number of benzene rings is 1. The lowest BCUT2D eigenvalue weighted by Crippen LogP contribution is -2.27. The van der Waals surface area contributed by atoms with Crippen LogP contribution >= 0.6 is 23.1 Å². The van der Waals surface area contributed by atoms with E-state index in [4.69, 9.17) is 4.74 Å². The van der Waals surface area contributed by atoms with Crippen LogP contribution < -0.4 is 10.1 Å². The molecule has 0 fully saturated rings. The summed E-state index contributed by atoms with van der Waals surface area (Å²) in [4.78, 5) is 13.3. The van der Waals surface area contributed by atoms with E-state index < -0.39 is 0 Å². The highest BCUT2D eigenvalue weighted by molar-refractivity contribution is 7.99. The Kier molecular flexibility index (Phi) is 6.24. The SMILES string of the molecule is COc1ccc(Cn2nnnc2SCC(=O)N[C@H](C)c2cccs2)cc1. The molecule has 0 aliphatic heterocycles. The van der Waals surface area contributed by atoms with Gasteiger partial charge in [0.1, 0.15) is 5.75 Å². The molecule has 3 aromatic rings. The molecule has 7 nitrogen and oxygen atoms in total. The Bertz CT molecular complexity index is 833. The van der Waals surface area contributed by atoms with E-state index in [1.165, 1.54) is 11.8 Å². The topological polar surface area (TPSA) is 81.9 Å². The van der Waals surface area contributed by atoms with Gasteiger partial charge in [0.25, 0.3) is 0 Å². The number of aromatic nitrogens is 4. The minimum Gasteiger partial charge on any atom is -0.497 e. The molecule has 1 atom stereocenters. The van der Waals surface area contributed by atoms with Crippen molar-refractivity contribution in [1.82, 2.24) is 25.5 Å². The van der Waals surface area contributed by atoms with E-state index in [2.05, 4.69) is 20.8 Å². The number of rotatable bonds is 8. The number of thiophene rings is 1. The number of thioether (sulfide) groups is 1. The molecule has 3 rings (SSSR count). The van der Waals surface area contributed by atoms with Crippen molar-refractivity contribution < 1.29 is 9.53 Å². The largest absolute Gasteiger partial charge is 0.497 e. The summed E-state index contributed by atoms with van der Waals surface area (Å²) < 4.78 is 6.84. The van der Waals surface area contributed by atoms with Crippen molar-refractivity contribution in [3.63, 3.8) is 0 Å². The van der Waals surface area contributed by atoms with Crippen molar-refractivity contribution in [2.45, 2.75) is 24.7 Å². The normalized spacial score (nSPS) is 11.9. The van der Waals surface area contributed by atoms with E-state index in [-0.39, 0.29) is 17.7 Å². The van der Waals surface area contributed by atoms with Gasteiger partial charge in [-0.2, -0.15) is 0 Å². The Hall–Kier alpha value is -2.39. The zero-order chi connectivity index (χ0) is 18.4. The molecule has 0 saturated carbocycles. The number of methoxy groups -OCH3 is 1. The molecule has 26 heavy (non-hydrogen) atoms. The first kappa shape index (κ1) is 18.4. The maximum atomic E-state index is 12.2. The van der Waals surface area contributed by atoms with Crippen molar-refractivity contribution in [2.24, 2.45) is 0 Å². The molecule has 136 valence electrons. The highest BCUT2D eigenvalue weighted by Crippen LogP contribution is 2.20. The fraction of sp³-hybridized carbons (Fsp3) is 0.294. The van der Waals surface area contributed by atoms with Gasteiger partial charge in [-0.25, -0.2) is 4.68 Å². The van der Waals surface area contributed by atoms with Gasteiger partial charge in [-0.3, -0.25) is 4.79 Å². The quantitative estimate of drug-likeness (QED) is 0.597. The number of nitrogens with zero attached hydrogens (tertiary/aromatic N) is 4. The van der Waals surface area contributed by atoms with Gasteiger partial charge in [-0.05, 0) is 46.5 Å². The number of carbonyl (C=O) groups excluding carboxylic acids is 1. The Balaban J connectivity index is 1.54. The summed E-state index contributed by atoms with van der Waals surface area (Å²) in [7, 11) is 1.63. The van der Waals surface area contributed by atoms with E-state index in [1.54, 1.807) is 23.1 Å². The zero-order valence-corrected chi connectivity index (χ0v) is 16.1. The maximum Gasteiger partial charge on any atom is 0.230 e. The van der Waals surface area contributed by atoms with Gasteiger partial charge in [-0.15, -0.1) is 16.4 Å². The molecule has 0 saturated heterocycles. The predicted molar refractivity (Wildman–Crippen MR) is 102 cm³/mol. The van der Waals surface area contributed by atoms with Crippen LogP contribution in [0, 0.1) is 0 Å². The van der Waals surface area contributed by atoms with Crippen LogP contribution in [-0.4, -0.2) is 39.0 Å². The fourth-order valence-electron chi connectivity index (χ4n) is 2.32. The van der Waals surface area contributed by atoms with E-state index in [0.717, 1.165) is 16.2 Å². The standard InChI is InChI=1S/C17H19N5O2S2/c1-12(15-4-3-9-25-15)18-16(23)11-26-17-19-20-21-22(17)10-13-5-7-14(24-2)8-6-13/h3-9,12H,10-11H2,1-2H3,(H,18,23)/t12-/m1/s1. The smallest absolute Gasteiger partial charge is 0.230 e. The Morgan fingerprint density at radius 1 is 1.35 bits per heavy atom. The van der Waals surface area contributed by atoms with Gasteiger partial charge in [0.2, 0.25) is 11.1 Å². The van der Waals surface area contributed by atoms with Crippen LogP contribution in [0.3, 0.4) is 0 Å².